The van der Waals surface area contributed by atoms with Crippen molar-refractivity contribution in [2.75, 3.05) is 18.5 Å². The fourth-order valence-electron chi connectivity index (χ4n) is 2.11. The Morgan fingerprint density at radius 3 is 2.64 bits per heavy atom. The quantitative estimate of drug-likeness (QED) is 0.829. The van der Waals surface area contributed by atoms with Gasteiger partial charge in [0, 0.05) is 13.6 Å². The lowest BCUT2D eigenvalue weighted by molar-refractivity contribution is 0.0953. The molecule has 0 unspecified atom stereocenters. The second-order valence-corrected chi connectivity index (χ2v) is 5.92. The third-order valence-corrected chi connectivity index (χ3v) is 4.22. The second-order valence-electron chi connectivity index (χ2n) is 4.97. The zero-order valence-corrected chi connectivity index (χ0v) is 13.7. The first-order valence-corrected chi connectivity index (χ1v) is 8.22. The van der Waals surface area contributed by atoms with Crippen molar-refractivity contribution in [1.82, 2.24) is 5.32 Å². The highest BCUT2D eigenvalue weighted by atomic mass is 32.1. The van der Waals surface area contributed by atoms with E-state index in [1.165, 1.54) is 16.2 Å². The van der Waals surface area contributed by atoms with Gasteiger partial charge in [-0.2, -0.15) is 0 Å². The van der Waals surface area contributed by atoms with Gasteiger partial charge in [0.05, 0.1) is 16.1 Å². The van der Waals surface area contributed by atoms with Crippen molar-refractivity contribution in [2.45, 2.75) is 19.8 Å². The summed E-state index contributed by atoms with van der Waals surface area (Å²) >= 11 is 1.39. The topological polar surface area (TPSA) is 49.4 Å². The van der Waals surface area contributed by atoms with Gasteiger partial charge in [-0.3, -0.25) is 9.59 Å². The first-order valence-electron chi connectivity index (χ1n) is 7.34. The Labute approximate surface area is 134 Å². The summed E-state index contributed by atoms with van der Waals surface area (Å²) < 4.78 is 0. The SMILES string of the molecule is CCCCNC(=O)c1ccccc1N(C)C(=O)c1cccs1. The van der Waals surface area contributed by atoms with Crippen molar-refractivity contribution in [3.05, 3.63) is 52.2 Å². The van der Waals surface area contributed by atoms with Crippen molar-refractivity contribution in [3.8, 4) is 0 Å². The maximum absolute atomic E-state index is 12.4. The summed E-state index contributed by atoms with van der Waals surface area (Å²) in [5, 5.41) is 4.76. The van der Waals surface area contributed by atoms with Crippen molar-refractivity contribution >= 4 is 28.8 Å². The number of para-hydroxylation sites is 1. The normalized spacial score (nSPS) is 10.3. The minimum Gasteiger partial charge on any atom is -0.352 e. The average molecular weight is 316 g/mol. The molecule has 1 aromatic carbocycles. The van der Waals surface area contributed by atoms with Gasteiger partial charge in [0.1, 0.15) is 0 Å². The molecule has 0 aliphatic carbocycles. The number of anilines is 1. The lowest BCUT2D eigenvalue weighted by Crippen LogP contribution is -2.30. The number of nitrogens with zero attached hydrogens (tertiary/aromatic N) is 1. The number of amides is 2. The number of benzene rings is 1. The van der Waals surface area contributed by atoms with E-state index in [2.05, 4.69) is 12.2 Å². The fourth-order valence-corrected chi connectivity index (χ4v) is 2.81. The Balaban J connectivity index is 2.20. The van der Waals surface area contributed by atoms with Crippen LogP contribution < -0.4 is 10.2 Å². The molecule has 0 aliphatic rings. The molecule has 2 aromatic rings. The van der Waals surface area contributed by atoms with Gasteiger partial charge in [-0.25, -0.2) is 0 Å². The molecule has 0 radical (unpaired) electrons. The Kier molecular flexibility index (Phi) is 5.72. The van der Waals surface area contributed by atoms with Crippen LogP contribution in [-0.4, -0.2) is 25.4 Å². The Hall–Kier alpha value is -2.14. The molecule has 1 heterocycles. The van der Waals surface area contributed by atoms with Crippen LogP contribution in [0.5, 0.6) is 0 Å². The van der Waals surface area contributed by atoms with Crippen molar-refractivity contribution in [1.29, 1.82) is 0 Å². The van der Waals surface area contributed by atoms with Crippen LogP contribution in [0.2, 0.25) is 0 Å². The Morgan fingerprint density at radius 2 is 1.95 bits per heavy atom. The third-order valence-electron chi connectivity index (χ3n) is 3.36. The predicted molar refractivity (Wildman–Crippen MR) is 90.7 cm³/mol. The van der Waals surface area contributed by atoms with E-state index >= 15 is 0 Å². The molecule has 0 spiro atoms. The van der Waals surface area contributed by atoms with Crippen molar-refractivity contribution in [3.63, 3.8) is 0 Å². The number of carbonyl (C=O) groups excluding carboxylic acids is 2. The molecule has 5 heteroatoms. The highest BCUT2D eigenvalue weighted by molar-refractivity contribution is 7.12. The summed E-state index contributed by atoms with van der Waals surface area (Å²) in [5.41, 5.74) is 1.14. The van der Waals surface area contributed by atoms with Crippen molar-refractivity contribution in [2.24, 2.45) is 0 Å². The summed E-state index contributed by atoms with van der Waals surface area (Å²) in [6, 6.07) is 10.8. The molecule has 1 N–H and O–H groups in total. The highest BCUT2D eigenvalue weighted by Crippen LogP contribution is 2.22. The summed E-state index contributed by atoms with van der Waals surface area (Å²) in [6.07, 6.45) is 1.97. The first-order chi connectivity index (χ1) is 10.6. The van der Waals surface area contributed by atoms with E-state index in [9.17, 15) is 9.59 Å². The highest BCUT2D eigenvalue weighted by Gasteiger charge is 2.19. The second kappa shape index (κ2) is 7.75. The number of thiophene rings is 1. The van der Waals surface area contributed by atoms with E-state index in [0.29, 0.717) is 22.7 Å². The van der Waals surface area contributed by atoms with Gasteiger partial charge in [-0.15, -0.1) is 11.3 Å². The van der Waals surface area contributed by atoms with E-state index in [1.807, 2.05) is 23.6 Å². The molecule has 0 saturated carbocycles. The minimum atomic E-state index is -0.144. The standard InChI is InChI=1S/C17H20N2O2S/c1-3-4-11-18-16(20)13-8-5-6-9-14(13)19(2)17(21)15-10-7-12-22-15/h5-10,12H,3-4,11H2,1-2H3,(H,18,20). The van der Waals surface area contributed by atoms with Gasteiger partial charge in [0.15, 0.2) is 0 Å². The van der Waals surface area contributed by atoms with Crippen LogP contribution in [0, 0.1) is 0 Å². The van der Waals surface area contributed by atoms with Gasteiger partial charge in [-0.05, 0) is 30.0 Å². The zero-order chi connectivity index (χ0) is 15.9. The van der Waals surface area contributed by atoms with E-state index in [-0.39, 0.29) is 11.8 Å². The fraction of sp³-hybridized carbons (Fsp3) is 0.294. The Bertz CT molecular complexity index is 638. The van der Waals surface area contributed by atoms with E-state index in [0.717, 1.165) is 12.8 Å². The van der Waals surface area contributed by atoms with Crippen LogP contribution in [-0.2, 0) is 0 Å². The molecule has 0 saturated heterocycles. The lowest BCUT2D eigenvalue weighted by Gasteiger charge is -2.19. The van der Waals surface area contributed by atoms with Crippen LogP contribution in [0.4, 0.5) is 5.69 Å². The predicted octanol–water partition coefficient (Wildman–Crippen LogP) is 3.55. The largest absolute Gasteiger partial charge is 0.352 e. The summed E-state index contributed by atoms with van der Waals surface area (Å²) in [5.74, 6) is -0.251. The number of hydrogen-bond donors (Lipinski definition) is 1. The van der Waals surface area contributed by atoms with Gasteiger partial charge in [0.2, 0.25) is 0 Å². The monoisotopic (exact) mass is 316 g/mol. The maximum Gasteiger partial charge on any atom is 0.268 e. The van der Waals surface area contributed by atoms with Crippen molar-refractivity contribution < 1.29 is 9.59 Å². The summed E-state index contributed by atoms with van der Waals surface area (Å²) in [6.45, 7) is 2.72. The smallest absolute Gasteiger partial charge is 0.268 e. The van der Waals surface area contributed by atoms with Crippen LogP contribution >= 0.6 is 11.3 Å². The van der Waals surface area contributed by atoms with Crippen LogP contribution in [0.15, 0.2) is 41.8 Å². The van der Waals surface area contributed by atoms with E-state index in [1.54, 1.807) is 25.2 Å². The maximum atomic E-state index is 12.4. The van der Waals surface area contributed by atoms with Gasteiger partial charge >= 0.3 is 0 Å². The van der Waals surface area contributed by atoms with Gasteiger partial charge < -0.3 is 10.2 Å². The number of unbranched alkanes of at least 4 members (excludes halogenated alkanes) is 1. The Morgan fingerprint density at radius 1 is 1.18 bits per heavy atom. The average Bonchev–Trinajstić information content (AvgIpc) is 3.08. The molecule has 0 atom stereocenters. The molecule has 2 amide bonds. The molecule has 4 nitrogen and oxygen atoms in total. The molecular formula is C17H20N2O2S. The minimum absolute atomic E-state index is 0.108. The molecule has 0 aliphatic heterocycles. The molecular weight excluding hydrogens is 296 g/mol. The van der Waals surface area contributed by atoms with Crippen LogP contribution in [0.3, 0.4) is 0 Å². The van der Waals surface area contributed by atoms with E-state index < -0.39 is 0 Å². The molecule has 116 valence electrons. The van der Waals surface area contributed by atoms with Gasteiger partial charge in [-0.1, -0.05) is 31.5 Å². The zero-order valence-electron chi connectivity index (χ0n) is 12.8. The number of rotatable bonds is 6. The number of carbonyl (C=O) groups is 2. The molecule has 2 rings (SSSR count). The molecule has 22 heavy (non-hydrogen) atoms. The van der Waals surface area contributed by atoms with Crippen LogP contribution in [0.25, 0.3) is 0 Å². The van der Waals surface area contributed by atoms with E-state index in [4.69, 9.17) is 0 Å². The summed E-state index contributed by atoms with van der Waals surface area (Å²) in [4.78, 5) is 26.9. The molecule has 0 fully saturated rings. The molecule has 1 aromatic heterocycles. The number of hydrogen-bond acceptors (Lipinski definition) is 3. The molecule has 0 bridgehead atoms. The third kappa shape index (κ3) is 3.74. The first kappa shape index (κ1) is 16.2. The van der Waals surface area contributed by atoms with Crippen LogP contribution in [0.1, 0.15) is 39.8 Å². The lowest BCUT2D eigenvalue weighted by atomic mass is 10.1. The van der Waals surface area contributed by atoms with Gasteiger partial charge in [0.25, 0.3) is 11.8 Å². The summed E-state index contributed by atoms with van der Waals surface area (Å²) in [7, 11) is 1.69. The number of nitrogens with one attached hydrogen (secondary N) is 1.